The van der Waals surface area contributed by atoms with Gasteiger partial charge in [0.25, 0.3) is 0 Å². The van der Waals surface area contributed by atoms with Crippen LogP contribution in [0, 0.1) is 0 Å². The molecule has 90 valence electrons. The van der Waals surface area contributed by atoms with Gasteiger partial charge >= 0.3 is 5.97 Å². The van der Waals surface area contributed by atoms with E-state index in [1.165, 1.54) is 24.3 Å². The molecule has 0 aliphatic heterocycles. The molecule has 0 atom stereocenters. The molecule has 0 saturated heterocycles. The zero-order valence-electron chi connectivity index (χ0n) is 9.58. The van der Waals surface area contributed by atoms with Crippen molar-refractivity contribution in [2.45, 2.75) is 6.42 Å². The summed E-state index contributed by atoms with van der Waals surface area (Å²) in [6.07, 6.45) is 5.90. The molecule has 0 saturated carbocycles. The molecule has 0 amide bonds. The summed E-state index contributed by atoms with van der Waals surface area (Å²) < 4.78 is 0. The van der Waals surface area contributed by atoms with Crippen LogP contribution in [0.5, 0.6) is 0 Å². The molecular weight excluding hydrogens is 230 g/mol. The molecule has 1 aliphatic carbocycles. The van der Waals surface area contributed by atoms with E-state index < -0.39 is 5.97 Å². The van der Waals surface area contributed by atoms with Crippen LogP contribution >= 0.6 is 0 Å². The average molecular weight is 241 g/mol. The minimum Gasteiger partial charge on any atom is -0.317 e. The summed E-state index contributed by atoms with van der Waals surface area (Å²) in [5.41, 5.74) is 1.31. The van der Waals surface area contributed by atoms with E-state index in [1.807, 2.05) is 30.3 Å². The maximum Gasteiger partial charge on any atom is 0.339 e. The van der Waals surface area contributed by atoms with Crippen LogP contribution in [-0.4, -0.2) is 17.5 Å². The van der Waals surface area contributed by atoms with Gasteiger partial charge < -0.3 is 4.84 Å². The van der Waals surface area contributed by atoms with E-state index in [0.29, 0.717) is 5.71 Å². The van der Waals surface area contributed by atoms with Crippen LogP contribution in [0.4, 0.5) is 0 Å². The molecule has 0 spiro atoms. The van der Waals surface area contributed by atoms with E-state index in [1.54, 1.807) is 0 Å². The Kier molecular flexibility index (Phi) is 3.81. The third kappa shape index (κ3) is 3.52. The van der Waals surface area contributed by atoms with Crippen molar-refractivity contribution in [3.05, 3.63) is 60.2 Å². The highest BCUT2D eigenvalue weighted by molar-refractivity contribution is 6.16. The van der Waals surface area contributed by atoms with Crippen molar-refractivity contribution in [3.8, 4) is 0 Å². The first-order valence-corrected chi connectivity index (χ1v) is 5.46. The van der Waals surface area contributed by atoms with Gasteiger partial charge in [-0.2, -0.15) is 0 Å². The number of rotatable bonds is 3. The fourth-order valence-corrected chi connectivity index (χ4v) is 1.41. The standard InChI is InChI=1S/C14H11NO3/c16-13-8-6-12(7-9-13)15-18-14(17)10-11-4-2-1-3-5-11/h1-9H,10H2. The largest absolute Gasteiger partial charge is 0.339 e. The predicted octanol–water partition coefficient (Wildman–Crippen LogP) is 1.82. The number of oxime groups is 1. The second kappa shape index (κ2) is 5.72. The summed E-state index contributed by atoms with van der Waals surface area (Å²) in [5, 5.41) is 3.66. The second-order valence-corrected chi connectivity index (χ2v) is 3.71. The maximum absolute atomic E-state index is 11.5. The number of allylic oxidation sites excluding steroid dienone is 4. The van der Waals surface area contributed by atoms with Crippen molar-refractivity contribution in [2.75, 3.05) is 0 Å². The molecule has 0 N–H and O–H groups in total. The van der Waals surface area contributed by atoms with Crippen molar-refractivity contribution in [2.24, 2.45) is 5.16 Å². The van der Waals surface area contributed by atoms with Gasteiger partial charge in [-0.05, 0) is 29.9 Å². The number of carbonyl (C=O) groups excluding carboxylic acids is 2. The monoisotopic (exact) mass is 241 g/mol. The minimum atomic E-state index is -0.438. The van der Waals surface area contributed by atoms with Crippen LogP contribution in [0.2, 0.25) is 0 Å². The highest BCUT2D eigenvalue weighted by Gasteiger charge is 2.05. The van der Waals surface area contributed by atoms with E-state index in [4.69, 9.17) is 4.84 Å². The Morgan fingerprint density at radius 3 is 2.39 bits per heavy atom. The lowest BCUT2D eigenvalue weighted by Gasteiger charge is -2.00. The molecular formula is C14H11NO3. The van der Waals surface area contributed by atoms with Crippen molar-refractivity contribution in [3.63, 3.8) is 0 Å². The molecule has 0 unspecified atom stereocenters. The fraction of sp³-hybridized carbons (Fsp3) is 0.0714. The third-order valence-corrected chi connectivity index (χ3v) is 2.28. The summed E-state index contributed by atoms with van der Waals surface area (Å²) in [5.74, 6) is -0.544. The summed E-state index contributed by atoms with van der Waals surface area (Å²) in [7, 11) is 0. The van der Waals surface area contributed by atoms with E-state index in [2.05, 4.69) is 5.16 Å². The lowest BCUT2D eigenvalue weighted by atomic mass is 10.2. The molecule has 0 fully saturated rings. The summed E-state index contributed by atoms with van der Waals surface area (Å²) in [6, 6.07) is 9.27. The fourth-order valence-electron chi connectivity index (χ4n) is 1.41. The molecule has 1 aliphatic rings. The van der Waals surface area contributed by atoms with Gasteiger partial charge in [-0.15, -0.1) is 0 Å². The van der Waals surface area contributed by atoms with E-state index in [0.717, 1.165) is 5.56 Å². The number of carbonyl (C=O) groups is 2. The Hall–Kier alpha value is -2.49. The normalized spacial score (nSPS) is 13.6. The van der Waals surface area contributed by atoms with E-state index in [-0.39, 0.29) is 12.2 Å². The zero-order valence-corrected chi connectivity index (χ0v) is 9.58. The number of hydrogen-bond donors (Lipinski definition) is 0. The van der Waals surface area contributed by atoms with Crippen molar-refractivity contribution in [1.29, 1.82) is 0 Å². The Labute approximate surface area is 104 Å². The zero-order chi connectivity index (χ0) is 12.8. The lowest BCUT2D eigenvalue weighted by Crippen LogP contribution is -2.07. The topological polar surface area (TPSA) is 55.7 Å². The van der Waals surface area contributed by atoms with Gasteiger partial charge in [0, 0.05) is 0 Å². The summed E-state index contributed by atoms with van der Waals surface area (Å²) in [4.78, 5) is 27.1. The first-order valence-electron chi connectivity index (χ1n) is 5.46. The second-order valence-electron chi connectivity index (χ2n) is 3.71. The Balaban J connectivity index is 1.89. The minimum absolute atomic E-state index is 0.107. The molecule has 0 heterocycles. The highest BCUT2D eigenvalue weighted by atomic mass is 16.7. The smallest absolute Gasteiger partial charge is 0.317 e. The van der Waals surface area contributed by atoms with Gasteiger partial charge in [0.2, 0.25) is 0 Å². The van der Waals surface area contributed by atoms with Crippen molar-refractivity contribution < 1.29 is 14.4 Å². The Morgan fingerprint density at radius 1 is 1.06 bits per heavy atom. The van der Waals surface area contributed by atoms with Crippen LogP contribution in [0.25, 0.3) is 0 Å². The maximum atomic E-state index is 11.5. The van der Waals surface area contributed by atoms with Crippen LogP contribution < -0.4 is 0 Å². The molecule has 0 radical (unpaired) electrons. The van der Waals surface area contributed by atoms with Crippen LogP contribution in [0.15, 0.2) is 59.8 Å². The molecule has 1 aromatic carbocycles. The number of ketones is 1. The van der Waals surface area contributed by atoms with Gasteiger partial charge in [-0.3, -0.25) is 4.79 Å². The predicted molar refractivity (Wildman–Crippen MR) is 67.0 cm³/mol. The number of benzene rings is 1. The molecule has 2 rings (SSSR count). The lowest BCUT2D eigenvalue weighted by molar-refractivity contribution is -0.142. The molecule has 4 nitrogen and oxygen atoms in total. The van der Waals surface area contributed by atoms with Crippen molar-refractivity contribution in [1.82, 2.24) is 0 Å². The molecule has 0 aromatic heterocycles. The molecule has 0 bridgehead atoms. The summed E-state index contributed by atoms with van der Waals surface area (Å²) in [6.45, 7) is 0. The van der Waals surface area contributed by atoms with Gasteiger partial charge in [-0.1, -0.05) is 35.5 Å². The quantitative estimate of drug-likeness (QED) is 0.461. The number of nitrogens with zero attached hydrogens (tertiary/aromatic N) is 1. The first kappa shape index (κ1) is 12.0. The highest BCUT2D eigenvalue weighted by Crippen LogP contribution is 2.02. The van der Waals surface area contributed by atoms with Gasteiger partial charge in [0.15, 0.2) is 5.78 Å². The van der Waals surface area contributed by atoms with Gasteiger partial charge in [-0.25, -0.2) is 4.79 Å². The van der Waals surface area contributed by atoms with Crippen LogP contribution in [-0.2, 0) is 20.8 Å². The first-order chi connectivity index (χ1) is 8.74. The van der Waals surface area contributed by atoms with Gasteiger partial charge in [0.05, 0.1) is 6.42 Å². The Morgan fingerprint density at radius 2 is 1.72 bits per heavy atom. The van der Waals surface area contributed by atoms with Crippen molar-refractivity contribution >= 4 is 17.5 Å². The van der Waals surface area contributed by atoms with Crippen LogP contribution in [0.3, 0.4) is 0 Å². The summed E-state index contributed by atoms with van der Waals surface area (Å²) >= 11 is 0. The average Bonchev–Trinajstić information content (AvgIpc) is 2.39. The van der Waals surface area contributed by atoms with E-state index >= 15 is 0 Å². The van der Waals surface area contributed by atoms with E-state index in [9.17, 15) is 9.59 Å². The Bertz CT molecular complexity index is 523. The number of hydrogen-bond acceptors (Lipinski definition) is 4. The van der Waals surface area contributed by atoms with Crippen LogP contribution in [0.1, 0.15) is 5.56 Å². The molecule has 18 heavy (non-hydrogen) atoms. The third-order valence-electron chi connectivity index (χ3n) is 2.28. The SMILES string of the molecule is O=C1C=CC(=NOC(=O)Cc2ccccc2)C=C1. The molecule has 1 aromatic rings. The molecule has 4 heteroatoms. The van der Waals surface area contributed by atoms with Gasteiger partial charge in [0.1, 0.15) is 5.71 Å².